The molecule has 6 heteroatoms. The van der Waals surface area contributed by atoms with Crippen LogP contribution < -0.4 is 19.5 Å². The Kier molecular flexibility index (Phi) is 6.19. The van der Waals surface area contributed by atoms with Gasteiger partial charge in [0, 0.05) is 24.4 Å². The van der Waals surface area contributed by atoms with Gasteiger partial charge in [0.05, 0.1) is 26.9 Å². The first-order chi connectivity index (χ1) is 13.2. The van der Waals surface area contributed by atoms with Gasteiger partial charge in [0.1, 0.15) is 5.75 Å². The summed E-state index contributed by atoms with van der Waals surface area (Å²) in [7, 11) is 4.61. The Hall–Kier alpha value is -2.73. The van der Waals surface area contributed by atoms with Crippen LogP contribution in [0.1, 0.15) is 28.8 Å². The number of anilines is 1. The number of hydrogen-bond acceptors (Lipinski definition) is 5. The fourth-order valence-corrected chi connectivity index (χ4v) is 3.36. The predicted octanol–water partition coefficient (Wildman–Crippen LogP) is 3.56. The Labute approximate surface area is 160 Å². The monoisotopic (exact) mass is 370 g/mol. The van der Waals surface area contributed by atoms with Crippen molar-refractivity contribution in [3.8, 4) is 17.2 Å². The lowest BCUT2D eigenvalue weighted by molar-refractivity contribution is 0.102. The summed E-state index contributed by atoms with van der Waals surface area (Å²) < 4.78 is 16.0. The lowest BCUT2D eigenvalue weighted by atomic mass is 10.1. The molecule has 0 atom stereocenters. The van der Waals surface area contributed by atoms with E-state index in [2.05, 4.69) is 16.3 Å². The smallest absolute Gasteiger partial charge is 0.259 e. The molecule has 0 aliphatic carbocycles. The minimum atomic E-state index is -0.248. The highest BCUT2D eigenvalue weighted by atomic mass is 16.5. The fourth-order valence-electron chi connectivity index (χ4n) is 3.36. The van der Waals surface area contributed by atoms with Gasteiger partial charge in [0.2, 0.25) is 0 Å². The van der Waals surface area contributed by atoms with Crippen molar-refractivity contribution in [2.24, 2.45) is 0 Å². The first kappa shape index (κ1) is 19.0. The van der Waals surface area contributed by atoms with Crippen LogP contribution in [0.3, 0.4) is 0 Å². The Morgan fingerprint density at radius 3 is 2.26 bits per heavy atom. The molecule has 1 heterocycles. The summed E-state index contributed by atoms with van der Waals surface area (Å²) in [5.41, 5.74) is 2.31. The first-order valence-corrected chi connectivity index (χ1v) is 9.08. The molecule has 1 saturated heterocycles. The maximum absolute atomic E-state index is 12.9. The van der Waals surface area contributed by atoms with Crippen LogP contribution in [-0.2, 0) is 6.54 Å². The number of nitrogens with zero attached hydrogens (tertiary/aromatic N) is 1. The number of para-hydroxylation sites is 1. The number of likely N-dealkylation sites (tertiary alicyclic amines) is 1. The molecular weight excluding hydrogens is 344 g/mol. The number of nitrogens with one attached hydrogen (secondary N) is 1. The van der Waals surface area contributed by atoms with Crippen LogP contribution >= 0.6 is 0 Å². The molecular formula is C21H26N2O4. The largest absolute Gasteiger partial charge is 0.496 e. The highest BCUT2D eigenvalue weighted by Gasteiger charge is 2.19. The van der Waals surface area contributed by atoms with Crippen LogP contribution in [0.25, 0.3) is 0 Å². The van der Waals surface area contributed by atoms with Crippen LogP contribution in [-0.4, -0.2) is 45.2 Å². The Morgan fingerprint density at radius 2 is 1.59 bits per heavy atom. The van der Waals surface area contributed by atoms with Crippen molar-refractivity contribution in [3.05, 3.63) is 47.5 Å². The predicted molar refractivity (Wildman–Crippen MR) is 105 cm³/mol. The van der Waals surface area contributed by atoms with Gasteiger partial charge in [-0.2, -0.15) is 0 Å². The van der Waals surface area contributed by atoms with E-state index in [1.54, 1.807) is 19.2 Å². The average Bonchev–Trinajstić information content (AvgIpc) is 3.21. The van der Waals surface area contributed by atoms with E-state index in [0.717, 1.165) is 30.9 Å². The summed E-state index contributed by atoms with van der Waals surface area (Å²) in [6, 6.07) is 11.2. The molecule has 2 aromatic rings. The van der Waals surface area contributed by atoms with Gasteiger partial charge in [-0.15, -0.1) is 0 Å². The minimum Gasteiger partial charge on any atom is -0.496 e. The number of amides is 1. The van der Waals surface area contributed by atoms with Crippen LogP contribution in [0.15, 0.2) is 36.4 Å². The van der Waals surface area contributed by atoms with Crippen LogP contribution in [0.2, 0.25) is 0 Å². The number of ether oxygens (including phenoxy) is 3. The minimum absolute atomic E-state index is 0.248. The first-order valence-electron chi connectivity index (χ1n) is 9.08. The molecule has 1 N–H and O–H groups in total. The number of carbonyl (C=O) groups is 1. The molecule has 0 saturated carbocycles. The second-order valence-electron chi connectivity index (χ2n) is 6.50. The Balaban J connectivity index is 1.85. The molecule has 0 spiro atoms. The molecule has 0 bridgehead atoms. The third-order valence-corrected chi connectivity index (χ3v) is 4.81. The van der Waals surface area contributed by atoms with Crippen LogP contribution in [0.4, 0.5) is 5.69 Å². The zero-order chi connectivity index (χ0) is 19.2. The van der Waals surface area contributed by atoms with E-state index < -0.39 is 0 Å². The highest BCUT2D eigenvalue weighted by Crippen LogP contribution is 2.35. The van der Waals surface area contributed by atoms with E-state index in [1.165, 1.54) is 27.1 Å². The van der Waals surface area contributed by atoms with Crippen molar-refractivity contribution in [3.63, 3.8) is 0 Å². The zero-order valence-electron chi connectivity index (χ0n) is 16.1. The second-order valence-corrected chi connectivity index (χ2v) is 6.50. The van der Waals surface area contributed by atoms with E-state index in [-0.39, 0.29) is 5.91 Å². The van der Waals surface area contributed by atoms with E-state index >= 15 is 0 Å². The molecule has 144 valence electrons. The SMILES string of the molecule is COc1cc(OC)c(C(=O)Nc2ccccc2CN2CCCC2)cc1OC. The maximum Gasteiger partial charge on any atom is 0.259 e. The fraction of sp³-hybridized carbons (Fsp3) is 0.381. The molecule has 1 aliphatic rings. The summed E-state index contributed by atoms with van der Waals surface area (Å²) in [5.74, 6) is 1.18. The van der Waals surface area contributed by atoms with Crippen molar-refractivity contribution in [2.75, 3.05) is 39.7 Å². The molecule has 3 rings (SSSR count). The average molecular weight is 370 g/mol. The summed E-state index contributed by atoms with van der Waals surface area (Å²) in [6.45, 7) is 3.04. The van der Waals surface area contributed by atoms with Gasteiger partial charge in [0.15, 0.2) is 11.5 Å². The third kappa shape index (κ3) is 4.34. The van der Waals surface area contributed by atoms with Crippen molar-refractivity contribution >= 4 is 11.6 Å². The molecule has 0 aromatic heterocycles. The molecule has 1 aliphatic heterocycles. The number of carbonyl (C=O) groups excluding carboxylic acids is 1. The van der Waals surface area contributed by atoms with Gasteiger partial charge >= 0.3 is 0 Å². The zero-order valence-corrected chi connectivity index (χ0v) is 16.1. The van der Waals surface area contributed by atoms with Gasteiger partial charge < -0.3 is 19.5 Å². The second kappa shape index (κ2) is 8.77. The van der Waals surface area contributed by atoms with Crippen molar-refractivity contribution in [1.82, 2.24) is 4.90 Å². The summed E-state index contributed by atoms with van der Waals surface area (Å²) in [5, 5.41) is 3.02. The van der Waals surface area contributed by atoms with Crippen molar-refractivity contribution in [2.45, 2.75) is 19.4 Å². The van der Waals surface area contributed by atoms with Gasteiger partial charge in [-0.25, -0.2) is 0 Å². The quantitative estimate of drug-likeness (QED) is 0.808. The highest BCUT2D eigenvalue weighted by molar-refractivity contribution is 6.07. The van der Waals surface area contributed by atoms with Crippen molar-refractivity contribution < 1.29 is 19.0 Å². The van der Waals surface area contributed by atoms with Crippen LogP contribution in [0.5, 0.6) is 17.2 Å². The molecule has 0 radical (unpaired) electrons. The van der Waals surface area contributed by atoms with E-state index in [1.807, 2.05) is 18.2 Å². The maximum atomic E-state index is 12.9. The number of hydrogen-bond donors (Lipinski definition) is 1. The van der Waals surface area contributed by atoms with Gasteiger partial charge in [-0.3, -0.25) is 9.69 Å². The molecule has 0 unspecified atom stereocenters. The molecule has 6 nitrogen and oxygen atoms in total. The summed E-state index contributed by atoms with van der Waals surface area (Å²) in [6.07, 6.45) is 2.47. The topological polar surface area (TPSA) is 60.0 Å². The number of benzene rings is 2. The summed E-state index contributed by atoms with van der Waals surface area (Å²) in [4.78, 5) is 15.4. The van der Waals surface area contributed by atoms with Gasteiger partial charge in [-0.1, -0.05) is 18.2 Å². The molecule has 1 amide bonds. The lowest BCUT2D eigenvalue weighted by Gasteiger charge is -2.18. The van der Waals surface area contributed by atoms with Crippen LogP contribution in [0, 0.1) is 0 Å². The van der Waals surface area contributed by atoms with Gasteiger partial charge in [0.25, 0.3) is 5.91 Å². The van der Waals surface area contributed by atoms with E-state index in [4.69, 9.17) is 14.2 Å². The van der Waals surface area contributed by atoms with Gasteiger partial charge in [-0.05, 0) is 37.6 Å². The Morgan fingerprint density at radius 1 is 0.963 bits per heavy atom. The summed E-state index contributed by atoms with van der Waals surface area (Å²) >= 11 is 0. The van der Waals surface area contributed by atoms with E-state index in [0.29, 0.717) is 22.8 Å². The lowest BCUT2D eigenvalue weighted by Crippen LogP contribution is -2.20. The molecule has 27 heavy (non-hydrogen) atoms. The molecule has 1 fully saturated rings. The normalized spacial score (nSPS) is 14.0. The van der Waals surface area contributed by atoms with E-state index in [9.17, 15) is 4.79 Å². The molecule has 2 aromatic carbocycles. The standard InChI is InChI=1S/C21H26N2O4/c1-25-18-13-20(27-3)19(26-2)12-16(18)21(24)22-17-9-5-4-8-15(17)14-23-10-6-7-11-23/h4-5,8-9,12-13H,6-7,10-11,14H2,1-3H3,(H,22,24). The number of rotatable bonds is 7. The number of methoxy groups -OCH3 is 3. The van der Waals surface area contributed by atoms with Crippen molar-refractivity contribution in [1.29, 1.82) is 0 Å². The third-order valence-electron chi connectivity index (χ3n) is 4.81. The Bertz CT molecular complexity index is 801.